The van der Waals surface area contributed by atoms with Crippen molar-refractivity contribution in [3.8, 4) is 5.75 Å². The standard InChI is InChI=1S/C13H16BrNO3/c1-8-4-5-15(7-12(8)17)13(18)9-2-3-10(14)11(16)6-9/h2-3,6,8,12,16-17H,4-5,7H2,1H3. The molecule has 1 aromatic rings. The number of amides is 1. The van der Waals surface area contributed by atoms with Gasteiger partial charge in [-0.15, -0.1) is 0 Å². The van der Waals surface area contributed by atoms with Gasteiger partial charge >= 0.3 is 0 Å². The van der Waals surface area contributed by atoms with Gasteiger partial charge in [0.2, 0.25) is 0 Å². The van der Waals surface area contributed by atoms with E-state index in [0.29, 0.717) is 23.1 Å². The highest BCUT2D eigenvalue weighted by Gasteiger charge is 2.27. The lowest BCUT2D eigenvalue weighted by atomic mass is 9.95. The van der Waals surface area contributed by atoms with Crippen LogP contribution < -0.4 is 0 Å². The van der Waals surface area contributed by atoms with Crippen molar-refractivity contribution in [1.82, 2.24) is 4.90 Å². The molecule has 2 N–H and O–H groups in total. The first-order valence-corrected chi connectivity index (χ1v) is 6.74. The Morgan fingerprint density at radius 3 is 2.83 bits per heavy atom. The Balaban J connectivity index is 2.14. The molecule has 1 aromatic carbocycles. The molecule has 1 aliphatic rings. The molecule has 1 fully saturated rings. The fourth-order valence-corrected chi connectivity index (χ4v) is 2.31. The highest BCUT2D eigenvalue weighted by molar-refractivity contribution is 9.10. The number of nitrogens with zero attached hydrogens (tertiary/aromatic N) is 1. The van der Waals surface area contributed by atoms with E-state index in [-0.39, 0.29) is 17.6 Å². The average molecular weight is 314 g/mol. The zero-order chi connectivity index (χ0) is 13.3. The summed E-state index contributed by atoms with van der Waals surface area (Å²) in [6.07, 6.45) is 0.335. The molecule has 4 nitrogen and oxygen atoms in total. The summed E-state index contributed by atoms with van der Waals surface area (Å²) >= 11 is 3.18. The van der Waals surface area contributed by atoms with Crippen molar-refractivity contribution >= 4 is 21.8 Å². The Morgan fingerprint density at radius 2 is 2.22 bits per heavy atom. The summed E-state index contributed by atoms with van der Waals surface area (Å²) in [5.74, 6) is 0.128. The van der Waals surface area contributed by atoms with E-state index in [1.54, 1.807) is 17.0 Å². The molecular weight excluding hydrogens is 298 g/mol. The summed E-state index contributed by atoms with van der Waals surface area (Å²) in [7, 11) is 0. The van der Waals surface area contributed by atoms with E-state index >= 15 is 0 Å². The van der Waals surface area contributed by atoms with Gasteiger partial charge in [0.25, 0.3) is 5.91 Å². The normalized spacial score (nSPS) is 24.1. The van der Waals surface area contributed by atoms with Gasteiger partial charge in [0.05, 0.1) is 10.6 Å². The lowest BCUT2D eigenvalue weighted by Crippen LogP contribution is -2.45. The molecule has 1 aliphatic heterocycles. The van der Waals surface area contributed by atoms with E-state index in [2.05, 4.69) is 15.9 Å². The van der Waals surface area contributed by atoms with Crippen molar-refractivity contribution in [3.63, 3.8) is 0 Å². The third-order valence-electron chi connectivity index (χ3n) is 3.40. The Hall–Kier alpha value is -1.07. The lowest BCUT2D eigenvalue weighted by molar-refractivity contribution is 0.0248. The van der Waals surface area contributed by atoms with Gasteiger partial charge in [0.15, 0.2) is 0 Å². The molecule has 0 aliphatic carbocycles. The number of phenols is 1. The van der Waals surface area contributed by atoms with Crippen molar-refractivity contribution in [2.24, 2.45) is 5.92 Å². The summed E-state index contributed by atoms with van der Waals surface area (Å²) in [6.45, 7) is 2.99. The van der Waals surface area contributed by atoms with Gasteiger partial charge in [-0.05, 0) is 46.5 Å². The van der Waals surface area contributed by atoms with Crippen molar-refractivity contribution in [2.45, 2.75) is 19.4 Å². The highest BCUT2D eigenvalue weighted by Crippen LogP contribution is 2.26. The summed E-state index contributed by atoms with van der Waals surface area (Å²) < 4.78 is 0.561. The second kappa shape index (κ2) is 5.28. The number of halogens is 1. The van der Waals surface area contributed by atoms with Gasteiger partial charge in [-0.3, -0.25) is 4.79 Å². The van der Waals surface area contributed by atoms with E-state index in [0.717, 1.165) is 6.42 Å². The van der Waals surface area contributed by atoms with Gasteiger partial charge in [0, 0.05) is 18.7 Å². The van der Waals surface area contributed by atoms with Gasteiger partial charge in [0.1, 0.15) is 5.75 Å². The van der Waals surface area contributed by atoms with E-state index in [9.17, 15) is 15.0 Å². The van der Waals surface area contributed by atoms with E-state index in [4.69, 9.17) is 0 Å². The molecule has 2 unspecified atom stereocenters. The molecule has 0 saturated carbocycles. The number of aliphatic hydroxyl groups is 1. The van der Waals surface area contributed by atoms with Crippen LogP contribution in [-0.2, 0) is 0 Å². The topological polar surface area (TPSA) is 60.8 Å². The van der Waals surface area contributed by atoms with Gasteiger partial charge < -0.3 is 15.1 Å². The number of β-amino-alcohol motifs (C(OH)–C–C–N with tert-alkyl or cyclic N) is 1. The predicted octanol–water partition coefficient (Wildman–Crippen LogP) is 2.00. The fourth-order valence-electron chi connectivity index (χ4n) is 2.06. The number of hydrogen-bond acceptors (Lipinski definition) is 3. The van der Waals surface area contributed by atoms with Crippen LogP contribution in [0.25, 0.3) is 0 Å². The molecule has 1 amide bonds. The number of benzene rings is 1. The first-order valence-electron chi connectivity index (χ1n) is 5.95. The minimum absolute atomic E-state index is 0.0479. The lowest BCUT2D eigenvalue weighted by Gasteiger charge is -2.34. The van der Waals surface area contributed by atoms with Crippen LogP contribution in [0, 0.1) is 5.92 Å². The van der Waals surface area contributed by atoms with Crippen LogP contribution >= 0.6 is 15.9 Å². The molecular formula is C13H16BrNO3. The Labute approximate surface area is 114 Å². The zero-order valence-corrected chi connectivity index (χ0v) is 11.7. The van der Waals surface area contributed by atoms with Crippen LogP contribution in [0.2, 0.25) is 0 Å². The van der Waals surface area contributed by atoms with Crippen molar-refractivity contribution in [3.05, 3.63) is 28.2 Å². The maximum atomic E-state index is 12.2. The average Bonchev–Trinajstić information content (AvgIpc) is 2.35. The fraction of sp³-hybridized carbons (Fsp3) is 0.462. The van der Waals surface area contributed by atoms with E-state index < -0.39 is 6.10 Å². The summed E-state index contributed by atoms with van der Waals surface area (Å²) in [5.41, 5.74) is 0.442. The second-order valence-electron chi connectivity index (χ2n) is 4.75. The van der Waals surface area contributed by atoms with Crippen LogP contribution in [0.5, 0.6) is 5.75 Å². The van der Waals surface area contributed by atoms with Crippen LogP contribution in [-0.4, -0.2) is 40.2 Å². The van der Waals surface area contributed by atoms with Crippen molar-refractivity contribution < 1.29 is 15.0 Å². The Morgan fingerprint density at radius 1 is 1.50 bits per heavy atom. The number of phenolic OH excluding ortho intramolecular Hbond substituents is 1. The largest absolute Gasteiger partial charge is 0.507 e. The monoisotopic (exact) mass is 313 g/mol. The summed E-state index contributed by atoms with van der Waals surface area (Å²) in [6, 6.07) is 4.75. The minimum atomic E-state index is -0.466. The molecule has 0 radical (unpaired) electrons. The number of piperidine rings is 1. The van der Waals surface area contributed by atoms with Crippen LogP contribution in [0.3, 0.4) is 0 Å². The number of rotatable bonds is 1. The number of aromatic hydroxyl groups is 1. The smallest absolute Gasteiger partial charge is 0.254 e. The van der Waals surface area contributed by atoms with Crippen LogP contribution in [0.4, 0.5) is 0 Å². The highest BCUT2D eigenvalue weighted by atomic mass is 79.9. The molecule has 98 valence electrons. The van der Waals surface area contributed by atoms with Gasteiger partial charge in [-0.1, -0.05) is 6.92 Å². The Bertz CT molecular complexity index is 464. The number of hydrogen-bond donors (Lipinski definition) is 2. The van der Waals surface area contributed by atoms with E-state index in [1.165, 1.54) is 6.07 Å². The summed E-state index contributed by atoms with van der Waals surface area (Å²) in [5, 5.41) is 19.4. The quantitative estimate of drug-likeness (QED) is 0.833. The Kier molecular flexibility index (Phi) is 3.92. The molecule has 1 heterocycles. The first kappa shape index (κ1) is 13.4. The molecule has 2 rings (SSSR count). The second-order valence-corrected chi connectivity index (χ2v) is 5.61. The third-order valence-corrected chi connectivity index (χ3v) is 4.07. The van der Waals surface area contributed by atoms with Crippen LogP contribution in [0.15, 0.2) is 22.7 Å². The van der Waals surface area contributed by atoms with Crippen molar-refractivity contribution in [1.29, 1.82) is 0 Å². The maximum Gasteiger partial charge on any atom is 0.254 e. The van der Waals surface area contributed by atoms with E-state index in [1.807, 2.05) is 6.92 Å². The number of carbonyl (C=O) groups excluding carboxylic acids is 1. The minimum Gasteiger partial charge on any atom is -0.507 e. The van der Waals surface area contributed by atoms with Crippen molar-refractivity contribution in [2.75, 3.05) is 13.1 Å². The molecule has 1 saturated heterocycles. The molecule has 0 bridgehead atoms. The zero-order valence-electron chi connectivity index (χ0n) is 10.1. The molecule has 0 spiro atoms. The number of likely N-dealkylation sites (tertiary alicyclic amines) is 1. The predicted molar refractivity (Wildman–Crippen MR) is 71.5 cm³/mol. The number of carbonyl (C=O) groups is 1. The first-order chi connectivity index (χ1) is 8.49. The molecule has 5 heteroatoms. The molecule has 0 aromatic heterocycles. The van der Waals surface area contributed by atoms with Gasteiger partial charge in [-0.25, -0.2) is 0 Å². The number of aliphatic hydroxyl groups excluding tert-OH is 1. The molecule has 2 atom stereocenters. The summed E-state index contributed by atoms with van der Waals surface area (Å²) in [4.78, 5) is 13.8. The molecule has 18 heavy (non-hydrogen) atoms. The maximum absolute atomic E-state index is 12.2. The van der Waals surface area contributed by atoms with Crippen LogP contribution in [0.1, 0.15) is 23.7 Å². The third kappa shape index (κ3) is 2.67. The SMILES string of the molecule is CC1CCN(C(=O)c2ccc(Br)c(O)c2)CC1O. The van der Waals surface area contributed by atoms with Gasteiger partial charge in [-0.2, -0.15) is 0 Å².